The summed E-state index contributed by atoms with van der Waals surface area (Å²) in [6, 6.07) is 7.54. The van der Waals surface area contributed by atoms with E-state index in [0.29, 0.717) is 11.6 Å². The van der Waals surface area contributed by atoms with Crippen LogP contribution in [0.1, 0.15) is 5.69 Å². The predicted octanol–water partition coefficient (Wildman–Crippen LogP) is 3.73. The number of hydrogen-bond acceptors (Lipinski definition) is 7. The first-order valence-corrected chi connectivity index (χ1v) is 10.6. The fourth-order valence-corrected chi connectivity index (χ4v) is 3.99. The number of nitrogens with one attached hydrogen (secondary N) is 1. The first-order valence-electron chi connectivity index (χ1n) is 7.44. The van der Waals surface area contributed by atoms with Crippen molar-refractivity contribution in [2.45, 2.75) is 11.5 Å². The number of carbonyl (C=O) groups is 1. The fraction of sp³-hybridized carbons (Fsp3) is 0.125. The Morgan fingerprint density at radius 1 is 1.26 bits per heavy atom. The van der Waals surface area contributed by atoms with Crippen molar-refractivity contribution in [3.05, 3.63) is 57.7 Å². The van der Waals surface area contributed by atoms with Crippen LogP contribution in [0.5, 0.6) is 0 Å². The van der Waals surface area contributed by atoms with Crippen LogP contribution in [0.25, 0.3) is 10.8 Å². The number of hydrogen-bond donors (Lipinski definition) is 1. The highest BCUT2D eigenvalue weighted by atomic mass is 35.5. The van der Waals surface area contributed by atoms with Crippen molar-refractivity contribution >= 4 is 50.5 Å². The summed E-state index contributed by atoms with van der Waals surface area (Å²) >= 11 is 13.0. The van der Waals surface area contributed by atoms with Gasteiger partial charge in [-0.3, -0.25) is 4.79 Å². The minimum Gasteiger partial charge on any atom is -0.458 e. The molecule has 3 aromatic rings. The van der Waals surface area contributed by atoms with E-state index in [-0.39, 0.29) is 21.5 Å². The molecule has 3 rings (SSSR count). The van der Waals surface area contributed by atoms with Crippen LogP contribution in [-0.2, 0) is 26.2 Å². The van der Waals surface area contributed by atoms with Crippen LogP contribution in [0.4, 0.5) is 0 Å². The van der Waals surface area contributed by atoms with Gasteiger partial charge in [0.05, 0.1) is 19.8 Å². The fourth-order valence-electron chi connectivity index (χ4n) is 1.97. The minimum absolute atomic E-state index is 0.0923. The topological polar surface area (TPSA) is 98.5 Å². The van der Waals surface area contributed by atoms with E-state index in [1.807, 2.05) is 17.5 Å². The molecule has 2 heterocycles. The summed E-state index contributed by atoms with van der Waals surface area (Å²) in [5, 5.41) is 2.21. The van der Waals surface area contributed by atoms with Crippen LogP contribution in [0.15, 0.2) is 51.3 Å². The van der Waals surface area contributed by atoms with Gasteiger partial charge >= 0.3 is 5.97 Å². The van der Waals surface area contributed by atoms with Crippen molar-refractivity contribution in [2.75, 3.05) is 6.54 Å². The lowest BCUT2D eigenvalue weighted by molar-refractivity contribution is -0.143. The van der Waals surface area contributed by atoms with Crippen LogP contribution in [0, 0.1) is 0 Å². The van der Waals surface area contributed by atoms with E-state index in [1.165, 1.54) is 35.8 Å². The number of nitrogens with zero attached hydrogens (tertiary/aromatic N) is 1. The van der Waals surface area contributed by atoms with Gasteiger partial charge in [-0.25, -0.2) is 13.4 Å². The maximum absolute atomic E-state index is 12.2. The third-order valence-corrected chi connectivity index (χ3v) is 6.27. The van der Waals surface area contributed by atoms with Gasteiger partial charge in [0.2, 0.25) is 15.9 Å². The molecule has 0 amide bonds. The molecule has 0 fully saturated rings. The van der Waals surface area contributed by atoms with Gasteiger partial charge in [0.1, 0.15) is 25.1 Å². The lowest BCUT2D eigenvalue weighted by Gasteiger charge is -2.07. The summed E-state index contributed by atoms with van der Waals surface area (Å²) in [5.41, 5.74) is 0.416. The zero-order valence-electron chi connectivity index (χ0n) is 13.5. The Morgan fingerprint density at radius 2 is 2.07 bits per heavy atom. The molecule has 0 aliphatic rings. The number of oxazole rings is 1. The number of ether oxygens (including phenoxy) is 1. The number of aromatic nitrogens is 1. The van der Waals surface area contributed by atoms with Crippen molar-refractivity contribution in [1.29, 1.82) is 0 Å². The van der Waals surface area contributed by atoms with E-state index in [0.717, 1.165) is 4.88 Å². The van der Waals surface area contributed by atoms with Crippen molar-refractivity contribution in [3.63, 3.8) is 0 Å². The molecular formula is C16H12Cl2N2O5S2. The monoisotopic (exact) mass is 446 g/mol. The number of thiophene rings is 1. The molecule has 0 radical (unpaired) electrons. The number of benzene rings is 1. The standard InChI is InChI=1S/C16H12Cl2N2O5S2/c17-12-4-3-11(6-13(12)18)27(22,23)19-7-15(21)24-8-10-9-25-16(20-10)14-2-1-5-26-14/h1-6,9,19H,7-8H2. The van der Waals surface area contributed by atoms with Gasteiger partial charge in [0.25, 0.3) is 0 Å². The van der Waals surface area contributed by atoms with E-state index in [4.69, 9.17) is 32.4 Å². The van der Waals surface area contributed by atoms with Gasteiger partial charge in [0.15, 0.2) is 0 Å². The predicted molar refractivity (Wildman–Crippen MR) is 101 cm³/mol. The van der Waals surface area contributed by atoms with Crippen LogP contribution in [0.2, 0.25) is 10.0 Å². The highest BCUT2D eigenvalue weighted by Crippen LogP contribution is 2.25. The molecule has 0 aliphatic carbocycles. The van der Waals surface area contributed by atoms with Crippen LogP contribution < -0.4 is 4.72 Å². The van der Waals surface area contributed by atoms with E-state index >= 15 is 0 Å². The summed E-state index contributed by atoms with van der Waals surface area (Å²) in [5.74, 6) is -0.337. The molecule has 0 bridgehead atoms. The van der Waals surface area contributed by atoms with Gasteiger partial charge in [0, 0.05) is 0 Å². The molecule has 142 valence electrons. The molecule has 1 N–H and O–H groups in total. The summed E-state index contributed by atoms with van der Waals surface area (Å²) in [7, 11) is -3.93. The largest absolute Gasteiger partial charge is 0.458 e. The zero-order chi connectivity index (χ0) is 19.4. The van der Waals surface area contributed by atoms with Gasteiger partial charge in [-0.15, -0.1) is 11.3 Å². The number of carbonyl (C=O) groups excluding carboxylic acids is 1. The Morgan fingerprint density at radius 3 is 2.78 bits per heavy atom. The molecule has 0 aliphatic heterocycles. The number of rotatable bonds is 7. The maximum atomic E-state index is 12.2. The Kier molecular flexibility index (Phi) is 6.18. The Balaban J connectivity index is 1.53. The first-order chi connectivity index (χ1) is 12.8. The molecule has 7 nitrogen and oxygen atoms in total. The second kappa shape index (κ2) is 8.41. The van der Waals surface area contributed by atoms with Gasteiger partial charge in [-0.2, -0.15) is 4.72 Å². The van der Waals surface area contributed by atoms with Gasteiger partial charge < -0.3 is 9.15 Å². The van der Waals surface area contributed by atoms with E-state index in [1.54, 1.807) is 0 Å². The lowest BCUT2D eigenvalue weighted by atomic mass is 10.4. The molecule has 0 unspecified atom stereocenters. The molecule has 0 spiro atoms. The average molecular weight is 447 g/mol. The summed E-state index contributed by atoms with van der Waals surface area (Å²) in [6.07, 6.45) is 1.38. The highest BCUT2D eigenvalue weighted by Gasteiger charge is 2.18. The molecule has 0 atom stereocenters. The van der Waals surface area contributed by atoms with Crippen molar-refractivity contribution in [2.24, 2.45) is 0 Å². The van der Waals surface area contributed by atoms with Crippen molar-refractivity contribution < 1.29 is 22.4 Å². The molecule has 27 heavy (non-hydrogen) atoms. The summed E-state index contributed by atoms with van der Waals surface area (Å²) in [4.78, 5) is 16.7. The van der Waals surface area contributed by atoms with E-state index < -0.39 is 22.5 Å². The first kappa shape index (κ1) is 19.8. The van der Waals surface area contributed by atoms with Crippen LogP contribution >= 0.6 is 34.5 Å². The molecule has 11 heteroatoms. The Bertz CT molecular complexity index is 1050. The number of esters is 1. The zero-order valence-corrected chi connectivity index (χ0v) is 16.7. The van der Waals surface area contributed by atoms with Gasteiger partial charge in [-0.1, -0.05) is 29.3 Å². The lowest BCUT2D eigenvalue weighted by Crippen LogP contribution is -2.30. The third kappa shape index (κ3) is 5.08. The molecule has 0 saturated heterocycles. The number of halogens is 2. The Labute approximate surface area is 168 Å². The quantitative estimate of drug-likeness (QED) is 0.555. The van der Waals surface area contributed by atoms with Crippen molar-refractivity contribution in [1.82, 2.24) is 9.71 Å². The maximum Gasteiger partial charge on any atom is 0.321 e. The molecule has 1 aromatic carbocycles. The third-order valence-electron chi connectivity index (χ3n) is 3.27. The SMILES string of the molecule is O=C(CNS(=O)(=O)c1ccc(Cl)c(Cl)c1)OCc1coc(-c2cccs2)n1. The highest BCUT2D eigenvalue weighted by molar-refractivity contribution is 7.89. The molecular weight excluding hydrogens is 435 g/mol. The van der Waals surface area contributed by atoms with E-state index in [9.17, 15) is 13.2 Å². The normalized spacial score (nSPS) is 11.5. The smallest absolute Gasteiger partial charge is 0.321 e. The number of sulfonamides is 1. The minimum atomic E-state index is -3.93. The summed E-state index contributed by atoms with van der Waals surface area (Å²) < 4.78 is 36.8. The Hall–Kier alpha value is -1.91. The van der Waals surface area contributed by atoms with Crippen LogP contribution in [-0.4, -0.2) is 25.9 Å². The second-order valence-electron chi connectivity index (χ2n) is 5.18. The second-order valence-corrected chi connectivity index (χ2v) is 8.71. The molecule has 0 saturated carbocycles. The molecule has 2 aromatic heterocycles. The van der Waals surface area contributed by atoms with Crippen molar-refractivity contribution in [3.8, 4) is 10.8 Å². The van der Waals surface area contributed by atoms with Crippen LogP contribution in [0.3, 0.4) is 0 Å². The summed E-state index contributed by atoms with van der Waals surface area (Å²) in [6.45, 7) is -0.680. The van der Waals surface area contributed by atoms with Gasteiger partial charge in [-0.05, 0) is 29.6 Å². The average Bonchev–Trinajstić information content (AvgIpc) is 3.31. The van der Waals surface area contributed by atoms with E-state index in [2.05, 4.69) is 9.71 Å².